The van der Waals surface area contributed by atoms with Crippen molar-refractivity contribution in [2.45, 2.75) is 6.04 Å². The van der Waals surface area contributed by atoms with Crippen LogP contribution in [0, 0.1) is 0 Å². The Morgan fingerprint density at radius 2 is 2.43 bits per heavy atom. The Labute approximate surface area is 88.7 Å². The first-order chi connectivity index (χ1) is 6.74. The van der Waals surface area contributed by atoms with E-state index in [4.69, 9.17) is 10.8 Å². The van der Waals surface area contributed by atoms with Crippen molar-refractivity contribution in [3.8, 4) is 0 Å². The highest BCUT2D eigenvalue weighted by atomic mass is 79.9. The summed E-state index contributed by atoms with van der Waals surface area (Å²) in [6, 6.07) is -0.472. The zero-order valence-corrected chi connectivity index (χ0v) is 8.85. The molecule has 2 aromatic rings. The van der Waals surface area contributed by atoms with E-state index in [1.54, 1.807) is 18.6 Å². The zero-order valence-electron chi connectivity index (χ0n) is 7.26. The number of nitrogens with zero attached hydrogens (tertiary/aromatic N) is 3. The van der Waals surface area contributed by atoms with E-state index in [2.05, 4.69) is 25.9 Å². The molecule has 1 atom stereocenters. The first-order valence-corrected chi connectivity index (χ1v) is 4.87. The van der Waals surface area contributed by atoms with E-state index in [1.165, 1.54) is 0 Å². The van der Waals surface area contributed by atoms with Crippen LogP contribution in [0.25, 0.3) is 5.52 Å². The minimum absolute atomic E-state index is 0.131. The number of imidazole rings is 1. The maximum atomic E-state index is 8.95. The van der Waals surface area contributed by atoms with Crippen LogP contribution in [0.5, 0.6) is 0 Å². The molecular weight excluding hydrogens is 248 g/mol. The van der Waals surface area contributed by atoms with Gasteiger partial charge in [0.15, 0.2) is 4.73 Å². The second kappa shape index (κ2) is 3.64. The van der Waals surface area contributed by atoms with Crippen LogP contribution < -0.4 is 5.73 Å². The Bertz CT molecular complexity index is 456. The van der Waals surface area contributed by atoms with Crippen molar-refractivity contribution in [1.29, 1.82) is 0 Å². The topological polar surface area (TPSA) is 76.4 Å². The van der Waals surface area contributed by atoms with Gasteiger partial charge in [0.1, 0.15) is 0 Å². The number of halogens is 1. The molecule has 74 valence electrons. The summed E-state index contributed by atoms with van der Waals surface area (Å²) in [6.45, 7) is -0.131. The molecule has 2 aromatic heterocycles. The molecule has 0 bridgehead atoms. The lowest BCUT2D eigenvalue weighted by molar-refractivity contribution is 0.266. The summed E-state index contributed by atoms with van der Waals surface area (Å²) in [4.78, 5) is 8.20. The molecule has 5 nitrogen and oxygen atoms in total. The van der Waals surface area contributed by atoms with Crippen LogP contribution in [0.4, 0.5) is 0 Å². The van der Waals surface area contributed by atoms with Gasteiger partial charge in [0, 0.05) is 12.4 Å². The lowest BCUT2D eigenvalue weighted by Crippen LogP contribution is -2.15. The SMILES string of the molecule is NC(CO)c1nc(Br)n2ccncc12. The summed E-state index contributed by atoms with van der Waals surface area (Å²) in [5.41, 5.74) is 7.15. The molecule has 3 N–H and O–H groups in total. The standard InChI is InChI=1S/C8H9BrN4O/c9-8-12-7(5(10)4-14)6-3-11-1-2-13(6)8/h1-3,5,14H,4,10H2. The maximum absolute atomic E-state index is 8.95. The predicted octanol–water partition coefficient (Wildman–Crippen LogP) is 0.484. The molecule has 0 spiro atoms. The first kappa shape index (κ1) is 9.57. The molecule has 0 aliphatic carbocycles. The fraction of sp³-hybridized carbons (Fsp3) is 0.250. The number of hydrogen-bond acceptors (Lipinski definition) is 4. The minimum Gasteiger partial charge on any atom is -0.394 e. The third-order valence-electron chi connectivity index (χ3n) is 1.98. The number of nitrogens with two attached hydrogens (primary N) is 1. The lowest BCUT2D eigenvalue weighted by Gasteiger charge is -2.03. The van der Waals surface area contributed by atoms with Gasteiger partial charge in [-0.05, 0) is 15.9 Å². The molecule has 0 radical (unpaired) electrons. The van der Waals surface area contributed by atoms with Crippen molar-refractivity contribution in [3.63, 3.8) is 0 Å². The largest absolute Gasteiger partial charge is 0.394 e. The van der Waals surface area contributed by atoms with Crippen molar-refractivity contribution in [1.82, 2.24) is 14.4 Å². The highest BCUT2D eigenvalue weighted by molar-refractivity contribution is 9.10. The minimum atomic E-state index is -0.472. The van der Waals surface area contributed by atoms with Crippen LogP contribution in [-0.4, -0.2) is 26.1 Å². The van der Waals surface area contributed by atoms with Crippen LogP contribution in [0.2, 0.25) is 0 Å². The summed E-state index contributed by atoms with van der Waals surface area (Å²) < 4.78 is 2.48. The van der Waals surface area contributed by atoms with E-state index < -0.39 is 6.04 Å². The Morgan fingerprint density at radius 1 is 1.64 bits per heavy atom. The van der Waals surface area contributed by atoms with E-state index in [-0.39, 0.29) is 6.61 Å². The lowest BCUT2D eigenvalue weighted by atomic mass is 10.2. The van der Waals surface area contributed by atoms with Crippen LogP contribution in [0.3, 0.4) is 0 Å². The van der Waals surface area contributed by atoms with Gasteiger partial charge in [-0.25, -0.2) is 4.98 Å². The Hall–Kier alpha value is -0.980. The van der Waals surface area contributed by atoms with Gasteiger partial charge in [-0.15, -0.1) is 0 Å². The molecule has 0 aromatic carbocycles. The van der Waals surface area contributed by atoms with Crippen LogP contribution in [0.15, 0.2) is 23.3 Å². The number of rotatable bonds is 2. The molecule has 2 heterocycles. The van der Waals surface area contributed by atoms with E-state index in [1.807, 2.05) is 4.40 Å². The second-order valence-electron chi connectivity index (χ2n) is 2.89. The average molecular weight is 257 g/mol. The summed E-state index contributed by atoms with van der Waals surface area (Å²) in [7, 11) is 0. The Morgan fingerprint density at radius 3 is 3.14 bits per heavy atom. The van der Waals surface area contributed by atoms with Crippen molar-refractivity contribution < 1.29 is 5.11 Å². The molecule has 0 fully saturated rings. The van der Waals surface area contributed by atoms with Crippen LogP contribution >= 0.6 is 15.9 Å². The van der Waals surface area contributed by atoms with Crippen molar-refractivity contribution in [2.75, 3.05) is 6.61 Å². The molecule has 2 rings (SSSR count). The third kappa shape index (κ3) is 1.41. The van der Waals surface area contributed by atoms with E-state index in [9.17, 15) is 0 Å². The van der Waals surface area contributed by atoms with Gasteiger partial charge in [0.25, 0.3) is 0 Å². The fourth-order valence-corrected chi connectivity index (χ4v) is 1.78. The second-order valence-corrected chi connectivity index (χ2v) is 3.60. The molecular formula is C8H9BrN4O. The normalized spacial score (nSPS) is 13.4. The van der Waals surface area contributed by atoms with Gasteiger partial charge in [0.05, 0.1) is 30.1 Å². The maximum Gasteiger partial charge on any atom is 0.182 e. The molecule has 0 aliphatic heterocycles. The van der Waals surface area contributed by atoms with Crippen molar-refractivity contribution in [2.24, 2.45) is 5.73 Å². The van der Waals surface area contributed by atoms with Gasteiger partial charge in [-0.2, -0.15) is 0 Å². The monoisotopic (exact) mass is 256 g/mol. The smallest absolute Gasteiger partial charge is 0.182 e. The molecule has 0 amide bonds. The first-order valence-electron chi connectivity index (χ1n) is 4.08. The summed E-state index contributed by atoms with van der Waals surface area (Å²) in [5.74, 6) is 0. The molecule has 0 aliphatic rings. The average Bonchev–Trinajstić information content (AvgIpc) is 2.56. The molecule has 14 heavy (non-hydrogen) atoms. The Balaban J connectivity index is 2.66. The number of hydrogen-bond donors (Lipinski definition) is 2. The summed E-state index contributed by atoms with van der Waals surface area (Å²) in [5, 5.41) is 8.95. The number of aliphatic hydroxyl groups is 1. The van der Waals surface area contributed by atoms with E-state index >= 15 is 0 Å². The van der Waals surface area contributed by atoms with Crippen LogP contribution in [0.1, 0.15) is 11.7 Å². The van der Waals surface area contributed by atoms with E-state index in [0.717, 1.165) is 5.52 Å². The van der Waals surface area contributed by atoms with Gasteiger partial charge >= 0.3 is 0 Å². The number of aliphatic hydroxyl groups excluding tert-OH is 1. The van der Waals surface area contributed by atoms with Gasteiger partial charge < -0.3 is 10.8 Å². The van der Waals surface area contributed by atoms with Gasteiger partial charge in [0.2, 0.25) is 0 Å². The van der Waals surface area contributed by atoms with Gasteiger partial charge in [-0.1, -0.05) is 0 Å². The van der Waals surface area contributed by atoms with Gasteiger partial charge in [-0.3, -0.25) is 9.38 Å². The highest BCUT2D eigenvalue weighted by Crippen LogP contribution is 2.20. The van der Waals surface area contributed by atoms with Crippen molar-refractivity contribution in [3.05, 3.63) is 29.0 Å². The number of aromatic nitrogens is 3. The van der Waals surface area contributed by atoms with Crippen LogP contribution in [-0.2, 0) is 0 Å². The molecule has 1 unspecified atom stereocenters. The highest BCUT2D eigenvalue weighted by Gasteiger charge is 2.14. The van der Waals surface area contributed by atoms with E-state index in [0.29, 0.717) is 10.4 Å². The fourth-order valence-electron chi connectivity index (χ4n) is 1.28. The quantitative estimate of drug-likeness (QED) is 0.820. The molecule has 0 saturated carbocycles. The number of fused-ring (bicyclic) bond motifs is 1. The Kier molecular flexibility index (Phi) is 2.49. The third-order valence-corrected chi connectivity index (χ3v) is 2.54. The molecule has 0 saturated heterocycles. The summed E-state index contributed by atoms with van der Waals surface area (Å²) >= 11 is 3.30. The predicted molar refractivity (Wildman–Crippen MR) is 54.7 cm³/mol. The zero-order chi connectivity index (χ0) is 10.1. The summed E-state index contributed by atoms with van der Waals surface area (Å²) in [6.07, 6.45) is 5.11. The molecule has 6 heteroatoms. The van der Waals surface area contributed by atoms with Crippen molar-refractivity contribution >= 4 is 21.4 Å².